The minimum absolute atomic E-state index is 0.0280. The fourth-order valence-corrected chi connectivity index (χ4v) is 3.03. The summed E-state index contributed by atoms with van der Waals surface area (Å²) in [7, 11) is 0. The molecule has 0 saturated heterocycles. The maximum absolute atomic E-state index is 12.5. The van der Waals surface area contributed by atoms with Crippen LogP contribution in [0.2, 0.25) is 0 Å². The largest absolute Gasteiger partial charge is 0.326 e. The molecule has 0 heterocycles. The Bertz CT molecular complexity index is 929. The molecular weight excluding hydrogens is 352 g/mol. The van der Waals surface area contributed by atoms with Crippen LogP contribution in [0, 0.1) is 26.7 Å². The van der Waals surface area contributed by atoms with Gasteiger partial charge in [0, 0.05) is 35.7 Å². The number of aryl methyl sites for hydroxylation is 3. The number of nitrogens with one attached hydrogen (secondary N) is 2. The number of carbonyl (C=O) groups excluding carboxylic acids is 3. The second kappa shape index (κ2) is 8.38. The van der Waals surface area contributed by atoms with Crippen molar-refractivity contribution in [2.45, 2.75) is 46.5 Å². The van der Waals surface area contributed by atoms with Gasteiger partial charge >= 0.3 is 0 Å². The molecule has 5 nitrogen and oxygen atoms in total. The average molecular weight is 378 g/mol. The first-order chi connectivity index (χ1) is 13.3. The van der Waals surface area contributed by atoms with Crippen molar-refractivity contribution in [3.63, 3.8) is 0 Å². The zero-order chi connectivity index (χ0) is 20.3. The molecule has 2 amide bonds. The number of amides is 2. The third-order valence-electron chi connectivity index (χ3n) is 5.00. The Kier molecular flexibility index (Phi) is 5.93. The van der Waals surface area contributed by atoms with Crippen LogP contribution in [0.3, 0.4) is 0 Å². The number of benzene rings is 2. The molecule has 1 fully saturated rings. The molecule has 0 aliphatic heterocycles. The fourth-order valence-electron chi connectivity index (χ4n) is 3.03. The number of Topliss-reactive ketones (excluding diaryl/α,β-unsaturated/α-hetero) is 1. The van der Waals surface area contributed by atoms with Gasteiger partial charge in [0.2, 0.25) is 11.8 Å². The summed E-state index contributed by atoms with van der Waals surface area (Å²) >= 11 is 0. The lowest BCUT2D eigenvalue weighted by Crippen LogP contribution is -2.16. The molecule has 146 valence electrons. The van der Waals surface area contributed by atoms with Crippen molar-refractivity contribution in [1.29, 1.82) is 0 Å². The van der Waals surface area contributed by atoms with Gasteiger partial charge in [0.25, 0.3) is 0 Å². The number of ketones is 1. The molecule has 1 aliphatic rings. The van der Waals surface area contributed by atoms with E-state index in [4.69, 9.17) is 0 Å². The second-order valence-electron chi connectivity index (χ2n) is 7.58. The zero-order valence-corrected chi connectivity index (χ0v) is 16.6. The summed E-state index contributed by atoms with van der Waals surface area (Å²) in [5.74, 6) is -0.0957. The highest BCUT2D eigenvalue weighted by Crippen LogP contribution is 2.31. The molecule has 0 unspecified atom stereocenters. The first kappa shape index (κ1) is 19.8. The van der Waals surface area contributed by atoms with Gasteiger partial charge in [-0.15, -0.1) is 0 Å². The predicted molar refractivity (Wildman–Crippen MR) is 111 cm³/mol. The predicted octanol–water partition coefficient (Wildman–Crippen LogP) is 4.56. The maximum Gasteiger partial charge on any atom is 0.227 e. The van der Waals surface area contributed by atoms with Crippen molar-refractivity contribution in [1.82, 2.24) is 0 Å². The van der Waals surface area contributed by atoms with E-state index in [2.05, 4.69) is 10.6 Å². The Balaban J connectivity index is 1.58. The van der Waals surface area contributed by atoms with Gasteiger partial charge in [-0.3, -0.25) is 14.4 Å². The van der Waals surface area contributed by atoms with Crippen molar-refractivity contribution in [2.75, 3.05) is 10.6 Å². The lowest BCUT2D eigenvalue weighted by atomic mass is 9.99. The van der Waals surface area contributed by atoms with Crippen LogP contribution in [0.5, 0.6) is 0 Å². The molecule has 5 heteroatoms. The Morgan fingerprint density at radius 3 is 2.32 bits per heavy atom. The van der Waals surface area contributed by atoms with Crippen LogP contribution in [0.25, 0.3) is 0 Å². The molecule has 2 aromatic rings. The van der Waals surface area contributed by atoms with E-state index in [1.165, 1.54) is 0 Å². The molecule has 0 atom stereocenters. The highest BCUT2D eigenvalue weighted by molar-refractivity contribution is 6.01. The summed E-state index contributed by atoms with van der Waals surface area (Å²) in [6.45, 7) is 5.74. The van der Waals surface area contributed by atoms with Gasteiger partial charge in [-0.2, -0.15) is 0 Å². The minimum Gasteiger partial charge on any atom is -0.326 e. The topological polar surface area (TPSA) is 75.3 Å². The Morgan fingerprint density at radius 1 is 0.893 bits per heavy atom. The maximum atomic E-state index is 12.5. The molecule has 0 aromatic heterocycles. The van der Waals surface area contributed by atoms with Crippen LogP contribution in [-0.2, 0) is 9.59 Å². The molecule has 1 aliphatic carbocycles. The summed E-state index contributed by atoms with van der Waals surface area (Å²) in [5, 5.41) is 5.74. The van der Waals surface area contributed by atoms with Crippen LogP contribution >= 0.6 is 0 Å². The quantitative estimate of drug-likeness (QED) is 0.694. The standard InChI is InChI=1S/C23H26N2O3/c1-14-4-5-15(2)19(12-14)21(26)10-11-22(27)25-20-13-18(9-6-16(20)3)24-23(28)17-7-8-17/h4-6,9,12-13,17H,7-8,10-11H2,1-3H3,(H,24,28)(H,25,27). The van der Waals surface area contributed by atoms with E-state index in [-0.39, 0.29) is 36.4 Å². The first-order valence-corrected chi connectivity index (χ1v) is 9.65. The zero-order valence-electron chi connectivity index (χ0n) is 16.6. The van der Waals surface area contributed by atoms with Crippen molar-refractivity contribution >= 4 is 29.0 Å². The van der Waals surface area contributed by atoms with Crippen LogP contribution in [-0.4, -0.2) is 17.6 Å². The summed E-state index contributed by atoms with van der Waals surface area (Å²) in [5.41, 5.74) is 4.85. The smallest absolute Gasteiger partial charge is 0.227 e. The molecule has 1 saturated carbocycles. The highest BCUT2D eigenvalue weighted by Gasteiger charge is 2.29. The lowest BCUT2D eigenvalue weighted by Gasteiger charge is -2.12. The van der Waals surface area contributed by atoms with E-state index in [1.807, 2.05) is 51.1 Å². The van der Waals surface area contributed by atoms with Gasteiger partial charge in [-0.25, -0.2) is 0 Å². The summed E-state index contributed by atoms with van der Waals surface area (Å²) in [6, 6.07) is 11.2. The van der Waals surface area contributed by atoms with Crippen molar-refractivity contribution in [2.24, 2.45) is 5.92 Å². The van der Waals surface area contributed by atoms with Crippen LogP contribution < -0.4 is 10.6 Å². The lowest BCUT2D eigenvalue weighted by molar-refractivity contribution is -0.117. The van der Waals surface area contributed by atoms with Crippen LogP contribution in [0.4, 0.5) is 11.4 Å². The van der Waals surface area contributed by atoms with Gasteiger partial charge in [0.15, 0.2) is 5.78 Å². The van der Waals surface area contributed by atoms with Gasteiger partial charge < -0.3 is 10.6 Å². The number of anilines is 2. The SMILES string of the molecule is Cc1ccc(C)c(C(=O)CCC(=O)Nc2cc(NC(=O)C3CC3)ccc2C)c1. The van der Waals surface area contributed by atoms with Crippen molar-refractivity contribution < 1.29 is 14.4 Å². The number of carbonyl (C=O) groups is 3. The third kappa shape index (κ3) is 5.06. The van der Waals surface area contributed by atoms with E-state index in [0.29, 0.717) is 16.9 Å². The van der Waals surface area contributed by atoms with Crippen LogP contribution in [0.15, 0.2) is 36.4 Å². The Hall–Kier alpha value is -2.95. The molecule has 28 heavy (non-hydrogen) atoms. The Labute approximate surface area is 165 Å². The highest BCUT2D eigenvalue weighted by atomic mass is 16.2. The van der Waals surface area contributed by atoms with E-state index in [0.717, 1.165) is 29.5 Å². The van der Waals surface area contributed by atoms with E-state index in [9.17, 15) is 14.4 Å². The van der Waals surface area contributed by atoms with E-state index in [1.54, 1.807) is 6.07 Å². The molecule has 2 N–H and O–H groups in total. The number of rotatable bonds is 7. The van der Waals surface area contributed by atoms with Crippen molar-refractivity contribution in [3.8, 4) is 0 Å². The van der Waals surface area contributed by atoms with Gasteiger partial charge in [0.05, 0.1) is 0 Å². The van der Waals surface area contributed by atoms with Crippen LogP contribution in [0.1, 0.15) is 52.7 Å². The van der Waals surface area contributed by atoms with Crippen molar-refractivity contribution in [3.05, 3.63) is 58.7 Å². The molecule has 3 rings (SSSR count). The fraction of sp³-hybridized carbons (Fsp3) is 0.348. The molecule has 0 spiro atoms. The van der Waals surface area contributed by atoms with Gasteiger partial charge in [-0.05, 0) is 62.9 Å². The van der Waals surface area contributed by atoms with E-state index >= 15 is 0 Å². The molecule has 0 bridgehead atoms. The van der Waals surface area contributed by atoms with Gasteiger partial charge in [0.1, 0.15) is 0 Å². The third-order valence-corrected chi connectivity index (χ3v) is 5.00. The summed E-state index contributed by atoms with van der Waals surface area (Å²) < 4.78 is 0. The number of hydrogen-bond acceptors (Lipinski definition) is 3. The second-order valence-corrected chi connectivity index (χ2v) is 7.58. The molecule has 0 radical (unpaired) electrons. The van der Waals surface area contributed by atoms with Gasteiger partial charge in [-0.1, -0.05) is 23.8 Å². The minimum atomic E-state index is -0.215. The summed E-state index contributed by atoms with van der Waals surface area (Å²) in [6.07, 6.45) is 2.16. The van der Waals surface area contributed by atoms with E-state index < -0.39 is 0 Å². The Morgan fingerprint density at radius 2 is 1.61 bits per heavy atom. The summed E-state index contributed by atoms with van der Waals surface area (Å²) in [4.78, 5) is 36.7. The number of hydrogen-bond donors (Lipinski definition) is 2. The molecule has 2 aromatic carbocycles. The average Bonchev–Trinajstić information content (AvgIpc) is 3.50. The first-order valence-electron chi connectivity index (χ1n) is 9.65. The molecular formula is C23H26N2O3. The normalized spacial score (nSPS) is 13.1. The monoisotopic (exact) mass is 378 g/mol.